The Bertz CT molecular complexity index is 1860. The summed E-state index contributed by atoms with van der Waals surface area (Å²) < 4.78 is 46.3. The first-order valence-electron chi connectivity index (χ1n) is 15.8. The highest BCUT2D eigenvalue weighted by atomic mass is 19.1. The topological polar surface area (TPSA) is 151 Å². The lowest BCUT2D eigenvalue weighted by Crippen LogP contribution is -2.41. The average molecular weight is 676 g/mol. The van der Waals surface area contributed by atoms with Crippen LogP contribution >= 0.6 is 0 Å². The summed E-state index contributed by atoms with van der Waals surface area (Å²) in [5.74, 6) is -1.32. The molecule has 12 nitrogen and oxygen atoms in total. The van der Waals surface area contributed by atoms with Gasteiger partial charge in [0.25, 0.3) is 5.91 Å². The van der Waals surface area contributed by atoms with Gasteiger partial charge in [-0.1, -0.05) is 0 Å². The monoisotopic (exact) mass is 675 g/mol. The normalized spacial score (nSPS) is 15.7. The van der Waals surface area contributed by atoms with E-state index in [1.165, 1.54) is 49.7 Å². The fraction of sp³-hybridized carbons (Fsp3) is 0.314. The molecule has 2 fully saturated rings. The van der Waals surface area contributed by atoms with Crippen LogP contribution in [0.5, 0.6) is 23.0 Å². The number of likely N-dealkylation sites (tertiary alicyclic amines) is 1. The number of carbonyl (C=O) groups excluding carboxylic acids is 3. The van der Waals surface area contributed by atoms with Crippen molar-refractivity contribution in [3.05, 3.63) is 78.5 Å². The summed E-state index contributed by atoms with van der Waals surface area (Å²) in [5.41, 5.74) is 1.41. The zero-order chi connectivity index (χ0) is 34.5. The number of pyridine rings is 1. The number of anilines is 2. The van der Waals surface area contributed by atoms with E-state index in [4.69, 9.17) is 19.4 Å². The number of hydroxylamine groups is 1. The SMILES string of the molecule is COc1cc2nccc(Oc3ccc(NC(=O)C4(C(=O)Nc5ccc(F)cc5)CC4)cc3F)c2cc1OCC1CCN(CC(=O)NO)CC1. The molecule has 256 valence electrons. The zero-order valence-corrected chi connectivity index (χ0v) is 26.6. The van der Waals surface area contributed by atoms with Crippen molar-refractivity contribution < 1.29 is 42.6 Å². The summed E-state index contributed by atoms with van der Waals surface area (Å²) >= 11 is 0. The Kier molecular flexibility index (Phi) is 9.87. The second-order valence-corrected chi connectivity index (χ2v) is 12.1. The number of amides is 3. The van der Waals surface area contributed by atoms with Gasteiger partial charge < -0.3 is 24.8 Å². The molecule has 4 N–H and O–H groups in total. The molecular weight excluding hydrogens is 640 g/mol. The number of fused-ring (bicyclic) bond motifs is 1. The molecule has 0 atom stereocenters. The van der Waals surface area contributed by atoms with E-state index in [1.807, 2.05) is 4.90 Å². The van der Waals surface area contributed by atoms with Gasteiger partial charge in [0, 0.05) is 35.1 Å². The van der Waals surface area contributed by atoms with E-state index >= 15 is 4.39 Å². The maximum absolute atomic E-state index is 15.3. The second-order valence-electron chi connectivity index (χ2n) is 12.1. The van der Waals surface area contributed by atoms with Crippen LogP contribution in [0.3, 0.4) is 0 Å². The molecule has 1 saturated carbocycles. The molecule has 1 aliphatic carbocycles. The number of methoxy groups -OCH3 is 1. The Balaban J connectivity index is 1.11. The largest absolute Gasteiger partial charge is 0.493 e. The van der Waals surface area contributed by atoms with Crippen LogP contribution in [0.25, 0.3) is 10.9 Å². The molecule has 0 spiro atoms. The maximum atomic E-state index is 15.3. The molecule has 49 heavy (non-hydrogen) atoms. The minimum atomic E-state index is -1.30. The minimum Gasteiger partial charge on any atom is -0.493 e. The van der Waals surface area contributed by atoms with E-state index in [0.717, 1.165) is 18.9 Å². The lowest BCUT2D eigenvalue weighted by atomic mass is 9.98. The number of nitrogens with zero attached hydrogens (tertiary/aromatic N) is 2. The third kappa shape index (κ3) is 7.71. The number of hydrogen-bond donors (Lipinski definition) is 4. The Labute approximate surface area is 280 Å². The lowest BCUT2D eigenvalue weighted by molar-refractivity contribution is -0.132. The fourth-order valence-electron chi connectivity index (χ4n) is 5.74. The number of benzene rings is 3. The standard InChI is InChI=1S/C35H35F2N5O7/c1-47-30-18-27-25(17-31(30)48-20-21-9-14-42(15-10-21)19-32(43)41-46)28(8-13-38-27)49-29-7-6-24(16-26(29)37)40-34(45)35(11-12-35)33(44)39-23-4-2-22(36)3-5-23/h2-8,13,16-18,21,46H,9-12,14-15,19-20H2,1H3,(H,39,44)(H,40,45)(H,41,43). The van der Waals surface area contributed by atoms with Gasteiger partial charge in [0.2, 0.25) is 11.8 Å². The van der Waals surface area contributed by atoms with E-state index in [2.05, 4.69) is 15.6 Å². The first-order chi connectivity index (χ1) is 23.7. The molecule has 3 amide bonds. The zero-order valence-electron chi connectivity index (χ0n) is 26.6. The van der Waals surface area contributed by atoms with Crippen LogP contribution in [0.4, 0.5) is 20.2 Å². The number of aromatic nitrogens is 1. The van der Waals surface area contributed by atoms with Crippen molar-refractivity contribution in [2.75, 3.05) is 44.0 Å². The Morgan fingerprint density at radius 3 is 2.24 bits per heavy atom. The summed E-state index contributed by atoms with van der Waals surface area (Å²) in [5, 5.41) is 14.6. The second kappa shape index (κ2) is 14.4. The summed E-state index contributed by atoms with van der Waals surface area (Å²) in [4.78, 5) is 43.8. The molecule has 6 rings (SSSR count). The van der Waals surface area contributed by atoms with Crippen molar-refractivity contribution in [2.24, 2.45) is 11.3 Å². The van der Waals surface area contributed by atoms with Crippen molar-refractivity contribution in [1.29, 1.82) is 0 Å². The van der Waals surface area contributed by atoms with E-state index < -0.39 is 34.8 Å². The Morgan fingerprint density at radius 2 is 1.59 bits per heavy atom. The van der Waals surface area contributed by atoms with Gasteiger partial charge in [-0.2, -0.15) is 0 Å². The summed E-state index contributed by atoms with van der Waals surface area (Å²) in [6, 6.07) is 14.2. The number of nitrogens with one attached hydrogen (secondary N) is 3. The maximum Gasteiger partial charge on any atom is 0.257 e. The summed E-state index contributed by atoms with van der Waals surface area (Å²) in [6.07, 6.45) is 3.80. The minimum absolute atomic E-state index is 0.0967. The van der Waals surface area contributed by atoms with Crippen LogP contribution in [0, 0.1) is 23.0 Å². The van der Waals surface area contributed by atoms with Crippen molar-refractivity contribution in [1.82, 2.24) is 15.4 Å². The average Bonchev–Trinajstić information content (AvgIpc) is 3.92. The first kappa shape index (κ1) is 33.6. The fourth-order valence-corrected chi connectivity index (χ4v) is 5.74. The van der Waals surface area contributed by atoms with Gasteiger partial charge in [0.05, 0.1) is 25.8 Å². The van der Waals surface area contributed by atoms with Gasteiger partial charge in [-0.15, -0.1) is 0 Å². The molecule has 14 heteroatoms. The van der Waals surface area contributed by atoms with Gasteiger partial charge in [-0.3, -0.25) is 29.5 Å². The predicted molar refractivity (Wildman–Crippen MR) is 175 cm³/mol. The third-order valence-electron chi connectivity index (χ3n) is 8.79. The van der Waals surface area contributed by atoms with Crippen LogP contribution in [0.2, 0.25) is 0 Å². The molecule has 3 aromatic carbocycles. The molecular formula is C35H35F2N5O7. The molecule has 4 aromatic rings. The molecule has 2 heterocycles. The van der Waals surface area contributed by atoms with Crippen LogP contribution < -0.4 is 30.3 Å². The van der Waals surface area contributed by atoms with Gasteiger partial charge in [-0.05, 0) is 93.2 Å². The van der Waals surface area contributed by atoms with E-state index in [-0.39, 0.29) is 23.9 Å². The summed E-state index contributed by atoms with van der Waals surface area (Å²) in [6.45, 7) is 1.94. The highest BCUT2D eigenvalue weighted by Crippen LogP contribution is 2.48. The van der Waals surface area contributed by atoms with Crippen LogP contribution in [0.15, 0.2) is 66.9 Å². The van der Waals surface area contributed by atoms with Gasteiger partial charge >= 0.3 is 0 Å². The molecule has 0 bridgehead atoms. The highest BCUT2D eigenvalue weighted by Gasteiger charge is 2.56. The summed E-state index contributed by atoms with van der Waals surface area (Å²) in [7, 11) is 1.53. The smallest absolute Gasteiger partial charge is 0.257 e. The molecule has 0 unspecified atom stereocenters. The molecule has 1 saturated heterocycles. The van der Waals surface area contributed by atoms with Gasteiger partial charge in [0.15, 0.2) is 23.1 Å². The Hall–Kier alpha value is -5.34. The molecule has 1 aromatic heterocycles. The van der Waals surface area contributed by atoms with Crippen molar-refractivity contribution in [3.63, 3.8) is 0 Å². The number of hydrogen-bond acceptors (Lipinski definition) is 9. The van der Waals surface area contributed by atoms with E-state index in [1.54, 1.807) is 23.7 Å². The van der Waals surface area contributed by atoms with E-state index in [9.17, 15) is 18.8 Å². The highest BCUT2D eigenvalue weighted by molar-refractivity contribution is 6.16. The molecule has 0 radical (unpaired) electrons. The quantitative estimate of drug-likeness (QED) is 0.0895. The van der Waals surface area contributed by atoms with Crippen molar-refractivity contribution in [3.8, 4) is 23.0 Å². The number of carbonyl (C=O) groups is 3. The van der Waals surface area contributed by atoms with Crippen LogP contribution in [0.1, 0.15) is 25.7 Å². The van der Waals surface area contributed by atoms with Crippen LogP contribution in [-0.2, 0) is 14.4 Å². The third-order valence-corrected chi connectivity index (χ3v) is 8.79. The number of halogens is 2. The first-order valence-corrected chi connectivity index (χ1v) is 15.8. The number of rotatable bonds is 12. The predicted octanol–water partition coefficient (Wildman–Crippen LogP) is 5.27. The number of piperidine rings is 1. The van der Waals surface area contributed by atoms with Crippen molar-refractivity contribution >= 4 is 40.0 Å². The molecule has 2 aliphatic rings. The lowest BCUT2D eigenvalue weighted by Gasteiger charge is -2.31. The van der Waals surface area contributed by atoms with Gasteiger partial charge in [0.1, 0.15) is 17.0 Å². The number of ether oxygens (including phenoxy) is 3. The molecule has 1 aliphatic heterocycles. The van der Waals surface area contributed by atoms with Crippen molar-refractivity contribution in [2.45, 2.75) is 25.7 Å². The van der Waals surface area contributed by atoms with Crippen LogP contribution in [-0.4, -0.2) is 66.2 Å². The Morgan fingerprint density at radius 1 is 0.898 bits per heavy atom. The van der Waals surface area contributed by atoms with E-state index in [0.29, 0.717) is 66.4 Å². The van der Waals surface area contributed by atoms with Gasteiger partial charge in [-0.25, -0.2) is 14.3 Å².